The van der Waals surface area contributed by atoms with Gasteiger partial charge in [0.25, 0.3) is 5.91 Å². The van der Waals surface area contributed by atoms with Gasteiger partial charge in [-0.1, -0.05) is 12.1 Å². The highest BCUT2D eigenvalue weighted by molar-refractivity contribution is 5.94. The van der Waals surface area contributed by atoms with Crippen LogP contribution in [0.15, 0.2) is 30.3 Å². The third-order valence-electron chi connectivity index (χ3n) is 5.81. The number of nitrogens with zero attached hydrogens (tertiary/aromatic N) is 3. The first-order valence-electron chi connectivity index (χ1n) is 10.2. The first kappa shape index (κ1) is 20.9. The lowest BCUT2D eigenvalue weighted by atomic mass is 10.0. The zero-order chi connectivity index (χ0) is 18.8. The van der Waals surface area contributed by atoms with Gasteiger partial charge in [0.15, 0.2) is 0 Å². The molecule has 28 heavy (non-hydrogen) atoms. The van der Waals surface area contributed by atoms with Gasteiger partial charge in [0.2, 0.25) is 0 Å². The Labute approximate surface area is 173 Å². The Morgan fingerprint density at radius 1 is 1.11 bits per heavy atom. The molecular weight excluding hydrogens is 372 g/mol. The number of rotatable bonds is 6. The number of likely N-dealkylation sites (tertiary alicyclic amines) is 1. The molecule has 2 heterocycles. The molecule has 4 rings (SSSR count). The number of hydrogen-bond donors (Lipinski definition) is 1. The van der Waals surface area contributed by atoms with Crippen molar-refractivity contribution in [3.8, 4) is 0 Å². The van der Waals surface area contributed by atoms with Gasteiger partial charge in [0, 0.05) is 30.4 Å². The monoisotopic (exact) mass is 402 g/mol. The lowest BCUT2D eigenvalue weighted by Crippen LogP contribution is -2.45. The molecule has 1 aromatic heterocycles. The van der Waals surface area contributed by atoms with E-state index in [4.69, 9.17) is 0 Å². The number of aromatic nitrogens is 2. The van der Waals surface area contributed by atoms with Crippen LogP contribution in [0.5, 0.6) is 0 Å². The number of amides is 1. The van der Waals surface area contributed by atoms with Crippen LogP contribution >= 0.6 is 12.4 Å². The molecule has 5 nitrogen and oxygen atoms in total. The van der Waals surface area contributed by atoms with E-state index >= 15 is 0 Å². The van der Waals surface area contributed by atoms with Crippen LogP contribution in [-0.4, -0.2) is 46.3 Å². The fourth-order valence-electron chi connectivity index (χ4n) is 3.89. The molecular formula is C22H31ClN4O. The number of aryl methyl sites for hydroxylation is 2. The van der Waals surface area contributed by atoms with E-state index in [1.54, 1.807) is 0 Å². The third-order valence-corrected chi connectivity index (χ3v) is 5.81. The summed E-state index contributed by atoms with van der Waals surface area (Å²) in [5, 5.41) is 8.18. The lowest BCUT2D eigenvalue weighted by molar-refractivity contribution is 0.0705. The number of hydrogen-bond acceptors (Lipinski definition) is 3. The molecule has 2 aliphatic rings. The maximum absolute atomic E-state index is 12.8. The summed E-state index contributed by atoms with van der Waals surface area (Å²) in [7, 11) is 0. The second-order valence-electron chi connectivity index (χ2n) is 8.20. The van der Waals surface area contributed by atoms with Crippen molar-refractivity contribution in [1.29, 1.82) is 0 Å². The Bertz CT molecular complexity index is 789. The molecule has 0 atom stereocenters. The van der Waals surface area contributed by atoms with Crippen LogP contribution < -0.4 is 5.32 Å². The molecule has 152 valence electrons. The van der Waals surface area contributed by atoms with Crippen molar-refractivity contribution in [1.82, 2.24) is 20.0 Å². The molecule has 0 unspecified atom stereocenters. The smallest absolute Gasteiger partial charge is 0.253 e. The Balaban J connectivity index is 0.00000225. The normalized spacial score (nSPS) is 17.4. The van der Waals surface area contributed by atoms with E-state index in [2.05, 4.69) is 23.4 Å². The van der Waals surface area contributed by atoms with E-state index in [0.29, 0.717) is 6.04 Å². The van der Waals surface area contributed by atoms with Crippen molar-refractivity contribution in [3.63, 3.8) is 0 Å². The summed E-state index contributed by atoms with van der Waals surface area (Å²) in [6.07, 6.45) is 4.91. The minimum Gasteiger partial charge on any atom is -0.339 e. The molecule has 1 saturated heterocycles. The topological polar surface area (TPSA) is 50.2 Å². The number of benzene rings is 1. The average molecular weight is 403 g/mol. The van der Waals surface area contributed by atoms with Crippen molar-refractivity contribution >= 4 is 18.3 Å². The van der Waals surface area contributed by atoms with E-state index in [1.165, 1.54) is 18.4 Å². The number of carbonyl (C=O) groups excluding carboxylic acids is 1. The summed E-state index contributed by atoms with van der Waals surface area (Å²) in [6, 6.07) is 10.7. The molecule has 0 radical (unpaired) electrons. The van der Waals surface area contributed by atoms with Gasteiger partial charge in [-0.15, -0.1) is 12.4 Å². The fourth-order valence-corrected chi connectivity index (χ4v) is 3.89. The number of nitrogens with one attached hydrogen (secondary N) is 1. The quantitative estimate of drug-likeness (QED) is 0.803. The second-order valence-corrected chi connectivity index (χ2v) is 8.20. The Morgan fingerprint density at radius 2 is 1.79 bits per heavy atom. The van der Waals surface area contributed by atoms with E-state index < -0.39 is 0 Å². The van der Waals surface area contributed by atoms with Gasteiger partial charge in [-0.2, -0.15) is 5.10 Å². The lowest BCUT2D eigenvalue weighted by Gasteiger charge is -2.32. The summed E-state index contributed by atoms with van der Waals surface area (Å²) in [6.45, 7) is 7.70. The Kier molecular flexibility index (Phi) is 6.78. The summed E-state index contributed by atoms with van der Waals surface area (Å²) in [5.74, 6) is 1.07. The number of halogens is 1. The van der Waals surface area contributed by atoms with Gasteiger partial charge in [0.05, 0.1) is 12.2 Å². The van der Waals surface area contributed by atoms with Gasteiger partial charge in [-0.25, -0.2) is 0 Å². The number of carbonyl (C=O) groups is 1. The molecule has 1 aliphatic carbocycles. The summed E-state index contributed by atoms with van der Waals surface area (Å²) >= 11 is 0. The van der Waals surface area contributed by atoms with Crippen molar-refractivity contribution in [2.24, 2.45) is 5.92 Å². The number of piperidine rings is 1. The molecule has 1 N–H and O–H groups in total. The molecule has 6 heteroatoms. The Morgan fingerprint density at radius 3 is 2.36 bits per heavy atom. The van der Waals surface area contributed by atoms with E-state index in [1.807, 2.05) is 40.8 Å². The maximum Gasteiger partial charge on any atom is 0.253 e. The van der Waals surface area contributed by atoms with Gasteiger partial charge >= 0.3 is 0 Å². The van der Waals surface area contributed by atoms with Crippen LogP contribution in [0.25, 0.3) is 0 Å². The highest BCUT2D eigenvalue weighted by atomic mass is 35.5. The van der Waals surface area contributed by atoms with E-state index in [-0.39, 0.29) is 18.3 Å². The van der Waals surface area contributed by atoms with E-state index in [0.717, 1.165) is 61.9 Å². The predicted molar refractivity (Wildman–Crippen MR) is 114 cm³/mol. The highest BCUT2D eigenvalue weighted by Gasteiger charge is 2.26. The van der Waals surface area contributed by atoms with Crippen LogP contribution in [0.3, 0.4) is 0 Å². The average Bonchev–Trinajstić information content (AvgIpc) is 3.45. The highest BCUT2D eigenvalue weighted by Crippen LogP contribution is 2.28. The van der Waals surface area contributed by atoms with Gasteiger partial charge in [0.1, 0.15) is 0 Å². The van der Waals surface area contributed by atoms with Crippen LogP contribution in [0.2, 0.25) is 0 Å². The van der Waals surface area contributed by atoms with Crippen LogP contribution in [0, 0.1) is 19.8 Å². The molecule has 1 aromatic carbocycles. The molecule has 1 amide bonds. The Hall–Kier alpha value is -1.85. The summed E-state index contributed by atoms with van der Waals surface area (Å²) < 4.78 is 2.01. The van der Waals surface area contributed by atoms with Gasteiger partial charge < -0.3 is 10.2 Å². The van der Waals surface area contributed by atoms with Crippen molar-refractivity contribution in [2.75, 3.05) is 19.6 Å². The van der Waals surface area contributed by atoms with Crippen LogP contribution in [0.4, 0.5) is 0 Å². The van der Waals surface area contributed by atoms with E-state index in [9.17, 15) is 4.79 Å². The summed E-state index contributed by atoms with van der Waals surface area (Å²) in [5.41, 5.74) is 4.15. The zero-order valence-electron chi connectivity index (χ0n) is 16.9. The van der Waals surface area contributed by atoms with Crippen molar-refractivity contribution in [2.45, 2.75) is 52.1 Å². The summed E-state index contributed by atoms with van der Waals surface area (Å²) in [4.78, 5) is 14.8. The molecule has 2 aromatic rings. The molecule has 1 saturated carbocycles. The largest absolute Gasteiger partial charge is 0.339 e. The van der Waals surface area contributed by atoms with Gasteiger partial charge in [-0.3, -0.25) is 9.48 Å². The van der Waals surface area contributed by atoms with Gasteiger partial charge in [-0.05, 0) is 75.8 Å². The standard InChI is InChI=1S/C22H30N4O.ClH/c1-16-13-17(2)26(24-16)15-19-5-7-20(8-6-19)22(27)25-11-9-21(10-12-25)23-14-18-3-4-18;/h5-8,13,18,21,23H,3-4,9-12,14-15H2,1-2H3;1H. The molecule has 0 bridgehead atoms. The molecule has 0 spiro atoms. The zero-order valence-corrected chi connectivity index (χ0v) is 17.7. The maximum atomic E-state index is 12.8. The van der Waals surface area contributed by atoms with Crippen LogP contribution in [-0.2, 0) is 6.54 Å². The van der Waals surface area contributed by atoms with Crippen LogP contribution in [0.1, 0.15) is 53.0 Å². The SMILES string of the molecule is Cc1cc(C)n(Cc2ccc(C(=O)N3CCC(NCC4CC4)CC3)cc2)n1.Cl. The van der Waals surface area contributed by atoms with Crippen molar-refractivity contribution < 1.29 is 4.79 Å². The fraction of sp³-hybridized carbons (Fsp3) is 0.545. The molecule has 2 fully saturated rings. The predicted octanol–water partition coefficient (Wildman–Crippen LogP) is 3.57. The first-order chi connectivity index (χ1) is 13.1. The van der Waals surface area contributed by atoms with Crippen molar-refractivity contribution in [3.05, 3.63) is 52.8 Å². The second kappa shape index (κ2) is 9.10. The first-order valence-corrected chi connectivity index (χ1v) is 10.2. The minimum absolute atomic E-state index is 0. The third kappa shape index (κ3) is 5.15. The minimum atomic E-state index is 0. The molecule has 1 aliphatic heterocycles.